The molecule has 3 aromatic rings. The highest BCUT2D eigenvalue weighted by molar-refractivity contribution is 7.99. The Morgan fingerprint density at radius 3 is 2.61 bits per heavy atom. The fourth-order valence-electron chi connectivity index (χ4n) is 2.49. The van der Waals surface area contributed by atoms with Crippen molar-refractivity contribution < 1.29 is 0 Å². The minimum absolute atomic E-state index is 0.00236. The first-order valence-electron chi connectivity index (χ1n) is 7.84. The van der Waals surface area contributed by atoms with Gasteiger partial charge in [0.1, 0.15) is 0 Å². The van der Waals surface area contributed by atoms with Gasteiger partial charge in [-0.3, -0.25) is 9.36 Å². The third-order valence-corrected chi connectivity index (χ3v) is 5.07. The van der Waals surface area contributed by atoms with E-state index in [-0.39, 0.29) is 5.56 Å². The Bertz CT molecular complexity index is 915. The third-order valence-electron chi connectivity index (χ3n) is 3.93. The Labute approximate surface area is 140 Å². The molecule has 4 heteroatoms. The highest BCUT2D eigenvalue weighted by Crippen LogP contribution is 2.23. The van der Waals surface area contributed by atoms with Gasteiger partial charge in [-0.1, -0.05) is 36.9 Å². The van der Waals surface area contributed by atoms with Gasteiger partial charge < -0.3 is 0 Å². The zero-order valence-corrected chi connectivity index (χ0v) is 14.5. The molecule has 0 aliphatic heterocycles. The summed E-state index contributed by atoms with van der Waals surface area (Å²) in [5.74, 6) is 0.940. The van der Waals surface area contributed by atoms with E-state index in [1.807, 2.05) is 30.3 Å². The van der Waals surface area contributed by atoms with Crippen LogP contribution >= 0.6 is 11.8 Å². The van der Waals surface area contributed by atoms with Gasteiger partial charge >= 0.3 is 0 Å². The second-order valence-electron chi connectivity index (χ2n) is 5.67. The lowest BCUT2D eigenvalue weighted by molar-refractivity contribution is 0.817. The molecule has 0 aliphatic carbocycles. The van der Waals surface area contributed by atoms with Crippen molar-refractivity contribution in [3.05, 3.63) is 63.9 Å². The minimum Gasteiger partial charge on any atom is -0.268 e. The smallest absolute Gasteiger partial charge is 0.266 e. The van der Waals surface area contributed by atoms with Gasteiger partial charge in [-0.15, -0.1) is 0 Å². The molecule has 1 heterocycles. The molecule has 0 N–H and O–H groups in total. The van der Waals surface area contributed by atoms with Gasteiger partial charge in [-0.05, 0) is 55.7 Å². The van der Waals surface area contributed by atoms with Crippen LogP contribution in [0.5, 0.6) is 0 Å². The number of aromatic nitrogens is 2. The van der Waals surface area contributed by atoms with Crippen molar-refractivity contribution >= 4 is 22.7 Å². The molecule has 0 atom stereocenters. The maximum atomic E-state index is 13.0. The fraction of sp³-hybridized carbons (Fsp3) is 0.263. The standard InChI is InChI=1S/C19H20N2OS/c1-4-11-23-19-20-17-8-6-5-7-16(17)18(22)21(19)15-10-9-13(2)14(3)12-15/h5-10,12H,4,11H2,1-3H3. The number of thioether (sulfide) groups is 1. The SMILES string of the molecule is CCCSc1nc2ccccc2c(=O)n1-c1ccc(C)c(C)c1. The molecular weight excluding hydrogens is 304 g/mol. The zero-order chi connectivity index (χ0) is 16.4. The van der Waals surface area contributed by atoms with Crippen molar-refractivity contribution in [3.8, 4) is 5.69 Å². The van der Waals surface area contributed by atoms with Crippen LogP contribution < -0.4 is 5.56 Å². The van der Waals surface area contributed by atoms with Gasteiger partial charge in [-0.25, -0.2) is 4.98 Å². The Morgan fingerprint density at radius 2 is 1.87 bits per heavy atom. The molecule has 0 bridgehead atoms. The summed E-state index contributed by atoms with van der Waals surface area (Å²) < 4.78 is 1.75. The molecule has 0 spiro atoms. The van der Waals surface area contributed by atoms with Crippen LogP contribution in [-0.2, 0) is 0 Å². The van der Waals surface area contributed by atoms with Crippen LogP contribution in [0.3, 0.4) is 0 Å². The van der Waals surface area contributed by atoms with Gasteiger partial charge in [0.05, 0.1) is 16.6 Å². The van der Waals surface area contributed by atoms with Crippen molar-refractivity contribution in [2.75, 3.05) is 5.75 Å². The first-order chi connectivity index (χ1) is 11.1. The predicted molar refractivity (Wildman–Crippen MR) is 97.8 cm³/mol. The molecule has 0 saturated carbocycles. The van der Waals surface area contributed by atoms with Crippen LogP contribution in [-0.4, -0.2) is 15.3 Å². The third kappa shape index (κ3) is 3.04. The Morgan fingerprint density at radius 1 is 1.09 bits per heavy atom. The Kier molecular flexibility index (Phi) is 4.53. The van der Waals surface area contributed by atoms with Crippen molar-refractivity contribution in [1.29, 1.82) is 0 Å². The lowest BCUT2D eigenvalue weighted by Crippen LogP contribution is -2.22. The van der Waals surface area contributed by atoms with Crippen LogP contribution in [0, 0.1) is 13.8 Å². The van der Waals surface area contributed by atoms with Gasteiger partial charge in [0, 0.05) is 5.75 Å². The van der Waals surface area contributed by atoms with Gasteiger partial charge in [0.2, 0.25) is 0 Å². The second-order valence-corrected chi connectivity index (χ2v) is 6.73. The summed E-state index contributed by atoms with van der Waals surface area (Å²) in [7, 11) is 0. The normalized spacial score (nSPS) is 11.1. The van der Waals surface area contributed by atoms with Crippen molar-refractivity contribution in [2.24, 2.45) is 0 Å². The number of nitrogens with zero attached hydrogens (tertiary/aromatic N) is 2. The predicted octanol–water partition coefficient (Wildman–Crippen LogP) is 4.50. The number of aryl methyl sites for hydroxylation is 2. The molecular formula is C19H20N2OS. The Balaban J connectivity index is 2.29. The van der Waals surface area contributed by atoms with E-state index in [1.54, 1.807) is 16.3 Å². The highest BCUT2D eigenvalue weighted by Gasteiger charge is 2.13. The summed E-state index contributed by atoms with van der Waals surface area (Å²) in [5, 5.41) is 1.42. The van der Waals surface area contributed by atoms with Crippen LogP contribution in [0.4, 0.5) is 0 Å². The number of hydrogen-bond donors (Lipinski definition) is 0. The summed E-state index contributed by atoms with van der Waals surface area (Å²) in [6, 6.07) is 13.7. The van der Waals surface area contributed by atoms with E-state index < -0.39 is 0 Å². The summed E-state index contributed by atoms with van der Waals surface area (Å²) in [4.78, 5) is 17.7. The number of hydrogen-bond acceptors (Lipinski definition) is 3. The van der Waals surface area contributed by atoms with Crippen LogP contribution in [0.25, 0.3) is 16.6 Å². The fourth-order valence-corrected chi connectivity index (χ4v) is 3.36. The molecule has 0 radical (unpaired) electrons. The van der Waals surface area contributed by atoms with E-state index >= 15 is 0 Å². The van der Waals surface area contributed by atoms with Gasteiger partial charge in [-0.2, -0.15) is 0 Å². The molecule has 0 unspecified atom stereocenters. The summed E-state index contributed by atoms with van der Waals surface area (Å²) in [5.41, 5.74) is 4.04. The number of fused-ring (bicyclic) bond motifs is 1. The summed E-state index contributed by atoms with van der Waals surface area (Å²) in [6.07, 6.45) is 1.04. The quantitative estimate of drug-likeness (QED) is 0.523. The van der Waals surface area contributed by atoms with Crippen molar-refractivity contribution in [1.82, 2.24) is 9.55 Å². The highest BCUT2D eigenvalue weighted by atomic mass is 32.2. The summed E-state index contributed by atoms with van der Waals surface area (Å²) in [6.45, 7) is 6.27. The van der Waals surface area contributed by atoms with E-state index in [0.29, 0.717) is 5.39 Å². The van der Waals surface area contributed by atoms with E-state index in [1.165, 1.54) is 11.1 Å². The van der Waals surface area contributed by atoms with Crippen molar-refractivity contribution in [2.45, 2.75) is 32.3 Å². The molecule has 118 valence electrons. The van der Waals surface area contributed by atoms with Crippen LogP contribution in [0.15, 0.2) is 52.4 Å². The van der Waals surface area contributed by atoms with Gasteiger partial charge in [0.15, 0.2) is 5.16 Å². The molecule has 0 fully saturated rings. The average molecular weight is 324 g/mol. The van der Waals surface area contributed by atoms with E-state index in [9.17, 15) is 4.79 Å². The molecule has 0 amide bonds. The molecule has 2 aromatic carbocycles. The maximum Gasteiger partial charge on any atom is 0.266 e. The van der Waals surface area contributed by atoms with E-state index in [4.69, 9.17) is 4.98 Å². The molecule has 1 aromatic heterocycles. The monoisotopic (exact) mass is 324 g/mol. The molecule has 0 saturated heterocycles. The largest absolute Gasteiger partial charge is 0.268 e. The first-order valence-corrected chi connectivity index (χ1v) is 8.82. The van der Waals surface area contributed by atoms with E-state index in [2.05, 4.69) is 32.9 Å². The Hall–Kier alpha value is -2.07. The van der Waals surface area contributed by atoms with E-state index in [0.717, 1.165) is 28.5 Å². The molecule has 3 rings (SSSR count). The number of rotatable bonds is 4. The molecule has 0 aliphatic rings. The van der Waals surface area contributed by atoms with Crippen LogP contribution in [0.2, 0.25) is 0 Å². The minimum atomic E-state index is -0.00236. The maximum absolute atomic E-state index is 13.0. The summed E-state index contributed by atoms with van der Waals surface area (Å²) >= 11 is 1.63. The van der Waals surface area contributed by atoms with Gasteiger partial charge in [0.25, 0.3) is 5.56 Å². The average Bonchev–Trinajstić information content (AvgIpc) is 2.56. The topological polar surface area (TPSA) is 34.9 Å². The molecule has 3 nitrogen and oxygen atoms in total. The lowest BCUT2D eigenvalue weighted by Gasteiger charge is -2.14. The number of para-hydroxylation sites is 1. The zero-order valence-electron chi connectivity index (χ0n) is 13.7. The van der Waals surface area contributed by atoms with Crippen LogP contribution in [0.1, 0.15) is 24.5 Å². The molecule has 23 heavy (non-hydrogen) atoms. The first kappa shape index (κ1) is 15.8. The lowest BCUT2D eigenvalue weighted by atomic mass is 10.1. The number of benzene rings is 2. The van der Waals surface area contributed by atoms with Crippen molar-refractivity contribution in [3.63, 3.8) is 0 Å². The second kappa shape index (κ2) is 6.59.